The minimum Gasteiger partial charge on any atom is -0.496 e. The fourth-order valence-electron chi connectivity index (χ4n) is 2.78. The molecule has 0 saturated carbocycles. The largest absolute Gasteiger partial charge is 0.496 e. The molecule has 3 nitrogen and oxygen atoms in total. The van der Waals surface area contributed by atoms with E-state index in [0.717, 1.165) is 28.8 Å². The Morgan fingerprint density at radius 1 is 1.29 bits per heavy atom. The van der Waals surface area contributed by atoms with Crippen LogP contribution in [0.2, 0.25) is 0 Å². The molecule has 0 spiro atoms. The van der Waals surface area contributed by atoms with Gasteiger partial charge in [-0.1, -0.05) is 24.3 Å². The summed E-state index contributed by atoms with van der Waals surface area (Å²) in [5.74, 6) is 1.78. The Labute approximate surface area is 133 Å². The molecular weight excluding hydrogens is 330 g/mol. The van der Waals surface area contributed by atoms with Gasteiger partial charge in [0, 0.05) is 0 Å². The molecule has 110 valence electrons. The third-order valence-corrected chi connectivity index (χ3v) is 4.42. The van der Waals surface area contributed by atoms with E-state index in [1.165, 1.54) is 11.1 Å². The minimum atomic E-state index is -0.373. The number of para-hydroxylation sites is 1. The van der Waals surface area contributed by atoms with Crippen LogP contribution in [0.1, 0.15) is 11.1 Å². The molecule has 0 bridgehead atoms. The van der Waals surface area contributed by atoms with Crippen LogP contribution in [-0.2, 0) is 12.8 Å². The number of benzene rings is 2. The van der Waals surface area contributed by atoms with E-state index in [-0.39, 0.29) is 5.54 Å². The van der Waals surface area contributed by atoms with Crippen LogP contribution in [0.3, 0.4) is 0 Å². The Morgan fingerprint density at radius 2 is 2.10 bits per heavy atom. The Bertz CT molecular complexity index is 659. The van der Waals surface area contributed by atoms with Crippen molar-refractivity contribution in [3.63, 3.8) is 0 Å². The standard InChI is InChI=1S/C17H18BrNO2/c1-20-16-7-6-12(8-14(16)18)9-17(19)10-13-4-2-3-5-15(13)21-11-17/h2-8H,9-11,19H2,1H3. The lowest BCUT2D eigenvalue weighted by Gasteiger charge is -2.35. The van der Waals surface area contributed by atoms with Gasteiger partial charge in [0.1, 0.15) is 18.1 Å². The number of hydrogen-bond donors (Lipinski definition) is 1. The van der Waals surface area contributed by atoms with E-state index in [1.54, 1.807) is 7.11 Å². The van der Waals surface area contributed by atoms with E-state index in [0.29, 0.717) is 6.61 Å². The van der Waals surface area contributed by atoms with E-state index < -0.39 is 0 Å². The molecular formula is C17H18BrNO2. The third kappa shape index (κ3) is 3.06. The summed E-state index contributed by atoms with van der Waals surface area (Å²) < 4.78 is 12.0. The van der Waals surface area contributed by atoms with Crippen molar-refractivity contribution in [2.75, 3.05) is 13.7 Å². The summed E-state index contributed by atoms with van der Waals surface area (Å²) in [5.41, 5.74) is 8.54. The molecule has 21 heavy (non-hydrogen) atoms. The van der Waals surface area contributed by atoms with E-state index >= 15 is 0 Å². The van der Waals surface area contributed by atoms with Gasteiger partial charge in [-0.2, -0.15) is 0 Å². The highest BCUT2D eigenvalue weighted by atomic mass is 79.9. The monoisotopic (exact) mass is 347 g/mol. The Hall–Kier alpha value is -1.52. The average Bonchev–Trinajstić information content (AvgIpc) is 2.47. The van der Waals surface area contributed by atoms with Crippen molar-refractivity contribution < 1.29 is 9.47 Å². The summed E-state index contributed by atoms with van der Waals surface area (Å²) >= 11 is 3.52. The van der Waals surface area contributed by atoms with Crippen LogP contribution >= 0.6 is 15.9 Å². The van der Waals surface area contributed by atoms with Crippen LogP contribution < -0.4 is 15.2 Å². The van der Waals surface area contributed by atoms with E-state index in [2.05, 4.69) is 34.1 Å². The summed E-state index contributed by atoms with van der Waals surface area (Å²) in [5, 5.41) is 0. The first-order valence-electron chi connectivity index (χ1n) is 6.92. The van der Waals surface area contributed by atoms with Crippen LogP contribution in [0.4, 0.5) is 0 Å². The van der Waals surface area contributed by atoms with E-state index in [4.69, 9.17) is 15.2 Å². The van der Waals surface area contributed by atoms with Gasteiger partial charge in [0.15, 0.2) is 0 Å². The molecule has 1 atom stereocenters. The highest BCUT2D eigenvalue weighted by Crippen LogP contribution is 2.32. The molecule has 1 unspecified atom stereocenters. The van der Waals surface area contributed by atoms with Gasteiger partial charge in [-0.25, -0.2) is 0 Å². The van der Waals surface area contributed by atoms with Crippen molar-refractivity contribution >= 4 is 15.9 Å². The molecule has 2 aromatic rings. The lowest BCUT2D eigenvalue weighted by molar-refractivity contribution is 0.190. The van der Waals surface area contributed by atoms with Crippen molar-refractivity contribution in [2.24, 2.45) is 5.73 Å². The van der Waals surface area contributed by atoms with Gasteiger partial charge in [-0.05, 0) is 58.1 Å². The maximum Gasteiger partial charge on any atom is 0.133 e. The van der Waals surface area contributed by atoms with Crippen LogP contribution in [0, 0.1) is 0 Å². The smallest absolute Gasteiger partial charge is 0.133 e. The topological polar surface area (TPSA) is 44.5 Å². The van der Waals surface area contributed by atoms with Crippen molar-refractivity contribution in [1.82, 2.24) is 0 Å². The summed E-state index contributed by atoms with van der Waals surface area (Å²) in [4.78, 5) is 0. The number of hydrogen-bond acceptors (Lipinski definition) is 3. The second kappa shape index (κ2) is 5.70. The van der Waals surface area contributed by atoms with E-state index in [1.807, 2.05) is 24.3 Å². The zero-order valence-electron chi connectivity index (χ0n) is 11.9. The average molecular weight is 348 g/mol. The van der Waals surface area contributed by atoms with Gasteiger partial charge in [0.2, 0.25) is 0 Å². The fourth-order valence-corrected chi connectivity index (χ4v) is 3.37. The molecule has 1 aliphatic heterocycles. The van der Waals surface area contributed by atoms with Gasteiger partial charge < -0.3 is 15.2 Å². The number of fused-ring (bicyclic) bond motifs is 1. The van der Waals surface area contributed by atoms with Gasteiger partial charge >= 0.3 is 0 Å². The van der Waals surface area contributed by atoms with Crippen LogP contribution in [-0.4, -0.2) is 19.3 Å². The van der Waals surface area contributed by atoms with E-state index in [9.17, 15) is 0 Å². The second-order valence-electron chi connectivity index (χ2n) is 5.58. The zero-order chi connectivity index (χ0) is 14.9. The predicted octanol–water partition coefficient (Wildman–Crippen LogP) is 3.33. The normalized spacial score (nSPS) is 20.5. The molecule has 2 N–H and O–H groups in total. The fraction of sp³-hybridized carbons (Fsp3) is 0.294. The molecule has 0 saturated heterocycles. The molecule has 2 aromatic carbocycles. The van der Waals surface area contributed by atoms with Crippen molar-refractivity contribution in [2.45, 2.75) is 18.4 Å². The number of methoxy groups -OCH3 is 1. The summed E-state index contributed by atoms with van der Waals surface area (Å²) in [6.45, 7) is 0.535. The molecule has 3 rings (SSSR count). The first-order valence-corrected chi connectivity index (χ1v) is 7.71. The summed E-state index contributed by atoms with van der Waals surface area (Å²) in [7, 11) is 1.66. The maximum atomic E-state index is 6.56. The molecule has 0 aromatic heterocycles. The van der Waals surface area contributed by atoms with Crippen LogP contribution in [0.15, 0.2) is 46.9 Å². The lowest BCUT2D eigenvalue weighted by Crippen LogP contribution is -2.51. The number of rotatable bonds is 3. The van der Waals surface area contributed by atoms with Gasteiger partial charge in [0.25, 0.3) is 0 Å². The number of nitrogens with two attached hydrogens (primary N) is 1. The first kappa shape index (κ1) is 14.4. The lowest BCUT2D eigenvalue weighted by atomic mass is 9.84. The van der Waals surface area contributed by atoms with Crippen molar-refractivity contribution in [3.8, 4) is 11.5 Å². The molecule has 4 heteroatoms. The summed E-state index contributed by atoms with van der Waals surface area (Å²) in [6.07, 6.45) is 1.59. The first-order chi connectivity index (χ1) is 10.1. The zero-order valence-corrected chi connectivity index (χ0v) is 13.5. The highest BCUT2D eigenvalue weighted by Gasteiger charge is 2.32. The molecule has 0 radical (unpaired) electrons. The summed E-state index contributed by atoms with van der Waals surface area (Å²) in [6, 6.07) is 14.2. The predicted molar refractivity (Wildman–Crippen MR) is 87.0 cm³/mol. The Balaban J connectivity index is 1.80. The maximum absolute atomic E-state index is 6.56. The Morgan fingerprint density at radius 3 is 2.86 bits per heavy atom. The molecule has 0 amide bonds. The van der Waals surface area contributed by atoms with Crippen LogP contribution in [0.5, 0.6) is 11.5 Å². The molecule has 1 aliphatic rings. The minimum absolute atomic E-state index is 0.373. The number of halogens is 1. The second-order valence-corrected chi connectivity index (χ2v) is 6.44. The number of ether oxygens (including phenoxy) is 2. The van der Waals surface area contributed by atoms with Crippen molar-refractivity contribution in [1.29, 1.82) is 0 Å². The van der Waals surface area contributed by atoms with Crippen molar-refractivity contribution in [3.05, 3.63) is 58.1 Å². The van der Waals surface area contributed by atoms with Gasteiger partial charge in [0.05, 0.1) is 17.1 Å². The third-order valence-electron chi connectivity index (χ3n) is 3.80. The highest BCUT2D eigenvalue weighted by molar-refractivity contribution is 9.10. The molecule has 0 aliphatic carbocycles. The quantitative estimate of drug-likeness (QED) is 0.925. The van der Waals surface area contributed by atoms with Crippen LogP contribution in [0.25, 0.3) is 0 Å². The molecule has 0 fully saturated rings. The van der Waals surface area contributed by atoms with Gasteiger partial charge in [-0.3, -0.25) is 0 Å². The Kier molecular flexibility index (Phi) is 3.91. The van der Waals surface area contributed by atoms with Gasteiger partial charge in [-0.15, -0.1) is 0 Å². The molecule has 1 heterocycles. The SMILES string of the molecule is COc1ccc(CC2(N)COc3ccccc3C2)cc1Br.